The minimum atomic E-state index is 0.0569. The van der Waals surface area contributed by atoms with Crippen LogP contribution in [0.3, 0.4) is 0 Å². The average Bonchev–Trinajstić information content (AvgIpc) is 3.59. The first-order valence-electron chi connectivity index (χ1n) is 22.7. The van der Waals surface area contributed by atoms with Crippen LogP contribution in [0.2, 0.25) is 0 Å². The monoisotopic (exact) mass is 723 g/mol. The van der Waals surface area contributed by atoms with E-state index in [4.69, 9.17) is 0 Å². The van der Waals surface area contributed by atoms with E-state index in [9.17, 15) is 0 Å². The highest BCUT2D eigenvalue weighted by molar-refractivity contribution is 5.87. The van der Waals surface area contributed by atoms with Gasteiger partial charge in [0.15, 0.2) is 0 Å². The van der Waals surface area contributed by atoms with E-state index in [1.165, 1.54) is 160 Å². The number of rotatable bonds is 21. The van der Waals surface area contributed by atoms with Crippen molar-refractivity contribution < 1.29 is 0 Å². The van der Waals surface area contributed by atoms with E-state index >= 15 is 0 Å². The van der Waals surface area contributed by atoms with Gasteiger partial charge in [-0.15, -0.1) is 0 Å². The summed E-state index contributed by atoms with van der Waals surface area (Å²) < 4.78 is 0. The predicted molar refractivity (Wildman–Crippen MR) is 238 cm³/mol. The van der Waals surface area contributed by atoms with Crippen LogP contribution in [0.4, 0.5) is 0 Å². The Bertz CT molecular complexity index is 1810. The van der Waals surface area contributed by atoms with Crippen LogP contribution in [-0.2, 0) is 10.8 Å². The Morgan fingerprint density at radius 2 is 0.759 bits per heavy atom. The van der Waals surface area contributed by atoms with Gasteiger partial charge >= 0.3 is 0 Å². The first-order chi connectivity index (χ1) is 26.2. The Hall–Kier alpha value is -3.12. The Morgan fingerprint density at radius 3 is 1.19 bits per heavy atom. The molecule has 2 unspecified atom stereocenters. The summed E-state index contributed by atoms with van der Waals surface area (Å²) in [5.74, 6) is 1.34. The third-order valence-corrected chi connectivity index (χ3v) is 14.1. The molecule has 0 aliphatic heterocycles. The average molecular weight is 723 g/mol. The third-order valence-electron chi connectivity index (χ3n) is 14.1. The largest absolute Gasteiger partial charge is 0.0654 e. The molecule has 54 heavy (non-hydrogen) atoms. The second kappa shape index (κ2) is 18.2. The van der Waals surface area contributed by atoms with Gasteiger partial charge in [0.2, 0.25) is 0 Å². The maximum absolute atomic E-state index is 2.68. The van der Waals surface area contributed by atoms with Crippen molar-refractivity contribution in [2.75, 3.05) is 0 Å². The molecule has 2 atom stereocenters. The maximum Gasteiger partial charge on any atom is 0.0220 e. The molecule has 0 spiro atoms. The van der Waals surface area contributed by atoms with Crippen molar-refractivity contribution in [2.24, 2.45) is 11.8 Å². The van der Waals surface area contributed by atoms with Crippen molar-refractivity contribution in [3.63, 3.8) is 0 Å². The lowest BCUT2D eigenvalue weighted by Gasteiger charge is -2.37. The Morgan fingerprint density at radius 1 is 0.407 bits per heavy atom. The molecule has 290 valence electrons. The fourth-order valence-electron chi connectivity index (χ4n) is 10.7. The summed E-state index contributed by atoms with van der Waals surface area (Å²) in [6.45, 7) is 19.0. The lowest BCUT2D eigenvalue weighted by atomic mass is 9.66. The smallest absolute Gasteiger partial charge is 0.0220 e. The molecule has 0 N–H and O–H groups in total. The van der Waals surface area contributed by atoms with Gasteiger partial charge in [-0.1, -0.05) is 203 Å². The Balaban J connectivity index is 1.45. The van der Waals surface area contributed by atoms with Gasteiger partial charge in [-0.05, 0) is 119 Å². The van der Waals surface area contributed by atoms with E-state index in [2.05, 4.69) is 128 Å². The number of hydrogen-bond acceptors (Lipinski definition) is 0. The van der Waals surface area contributed by atoms with Gasteiger partial charge in [-0.2, -0.15) is 0 Å². The molecule has 2 aliphatic rings. The first-order valence-corrected chi connectivity index (χ1v) is 22.7. The van der Waals surface area contributed by atoms with Crippen LogP contribution >= 0.6 is 0 Å². The number of fused-ring (bicyclic) bond motifs is 6. The van der Waals surface area contributed by atoms with Gasteiger partial charge in [0.25, 0.3) is 0 Å². The van der Waals surface area contributed by atoms with Gasteiger partial charge < -0.3 is 0 Å². The van der Waals surface area contributed by atoms with Crippen LogP contribution in [0.25, 0.3) is 33.4 Å². The number of aryl methyl sites for hydroxylation is 2. The second-order valence-electron chi connectivity index (χ2n) is 18.3. The fourth-order valence-corrected chi connectivity index (χ4v) is 10.7. The lowest BCUT2D eigenvalue weighted by Crippen LogP contribution is -2.30. The number of hydrogen-bond donors (Lipinski definition) is 0. The molecule has 0 fully saturated rings. The van der Waals surface area contributed by atoms with Crippen molar-refractivity contribution in [1.82, 2.24) is 0 Å². The summed E-state index contributed by atoms with van der Waals surface area (Å²) in [4.78, 5) is 0. The molecule has 0 radical (unpaired) electrons. The summed E-state index contributed by atoms with van der Waals surface area (Å²) in [6.07, 6.45) is 23.7. The molecular formula is C54H74. The highest BCUT2D eigenvalue weighted by atomic mass is 14.5. The minimum absolute atomic E-state index is 0.0569. The summed E-state index contributed by atoms with van der Waals surface area (Å²) in [5, 5.41) is 0. The normalized spacial score (nSPS) is 17.6. The first kappa shape index (κ1) is 40.5. The van der Waals surface area contributed by atoms with Gasteiger partial charge in [0.05, 0.1) is 0 Å². The molecule has 4 aromatic rings. The zero-order chi connectivity index (χ0) is 38.3. The van der Waals surface area contributed by atoms with E-state index in [0.29, 0.717) is 11.8 Å². The molecule has 0 saturated carbocycles. The third kappa shape index (κ3) is 8.20. The molecular weight excluding hydrogens is 649 g/mol. The van der Waals surface area contributed by atoms with E-state index in [-0.39, 0.29) is 10.8 Å². The molecule has 0 bridgehead atoms. The van der Waals surface area contributed by atoms with E-state index in [0.717, 1.165) is 0 Å². The van der Waals surface area contributed by atoms with Crippen LogP contribution in [-0.4, -0.2) is 0 Å². The molecule has 0 heteroatoms. The maximum atomic E-state index is 2.68. The molecule has 2 aliphatic carbocycles. The van der Waals surface area contributed by atoms with Crippen LogP contribution in [0, 0.1) is 25.7 Å². The molecule has 4 aromatic carbocycles. The zero-order valence-corrected chi connectivity index (χ0v) is 35.8. The van der Waals surface area contributed by atoms with Crippen LogP contribution < -0.4 is 0 Å². The van der Waals surface area contributed by atoms with Crippen molar-refractivity contribution >= 4 is 0 Å². The van der Waals surface area contributed by atoms with Crippen molar-refractivity contribution in [2.45, 2.75) is 182 Å². The van der Waals surface area contributed by atoms with Crippen LogP contribution in [0.5, 0.6) is 0 Å². The Labute approximate surface area is 332 Å². The zero-order valence-electron chi connectivity index (χ0n) is 35.8. The van der Waals surface area contributed by atoms with E-state index in [1.54, 1.807) is 22.3 Å². The quantitative estimate of drug-likeness (QED) is 0.0751. The van der Waals surface area contributed by atoms with Gasteiger partial charge in [0, 0.05) is 10.8 Å². The minimum Gasteiger partial charge on any atom is -0.0654 e. The lowest BCUT2D eigenvalue weighted by molar-refractivity contribution is 0.308. The molecule has 0 heterocycles. The van der Waals surface area contributed by atoms with Crippen LogP contribution in [0.15, 0.2) is 72.8 Å². The van der Waals surface area contributed by atoms with Gasteiger partial charge in [-0.25, -0.2) is 0 Å². The second-order valence-corrected chi connectivity index (χ2v) is 18.3. The molecule has 0 aromatic heterocycles. The SMILES string of the molecule is CCCCCCCCC1(CCCCCCCC)c2cc(C)ccc2-c2ccc(-c3ccc4c(c3)C(CC(C)CC)(CC(C)CC)c3cc(C)ccc3-4)cc21. The summed E-state index contributed by atoms with van der Waals surface area (Å²) in [6, 6.07) is 30.0. The molecule has 0 nitrogen and oxygen atoms in total. The van der Waals surface area contributed by atoms with Crippen LogP contribution in [0.1, 0.15) is 190 Å². The molecule has 0 saturated heterocycles. The van der Waals surface area contributed by atoms with E-state index < -0.39 is 0 Å². The van der Waals surface area contributed by atoms with Gasteiger partial charge in [-0.3, -0.25) is 0 Å². The topological polar surface area (TPSA) is 0 Å². The Kier molecular flexibility index (Phi) is 13.7. The number of benzene rings is 4. The summed E-state index contributed by atoms with van der Waals surface area (Å²) in [5.41, 5.74) is 18.1. The predicted octanol–water partition coefficient (Wildman–Crippen LogP) is 16.9. The molecule has 6 rings (SSSR count). The van der Waals surface area contributed by atoms with E-state index in [1.807, 2.05) is 0 Å². The summed E-state index contributed by atoms with van der Waals surface area (Å²) >= 11 is 0. The molecule has 0 amide bonds. The number of unbranched alkanes of at least 4 members (excludes halogenated alkanes) is 10. The summed E-state index contributed by atoms with van der Waals surface area (Å²) in [7, 11) is 0. The fraction of sp³-hybridized carbons (Fsp3) is 0.556. The van der Waals surface area contributed by atoms with Gasteiger partial charge in [0.1, 0.15) is 0 Å². The standard InChI is InChI=1S/C54H74/c1-9-13-15-17-19-21-31-53(32-22-20-18-16-14-10-2)49-33-41(7)23-27-45(49)47-29-25-43(35-51(47)53)44-26-30-48-46-28-24-42(8)34-50(46)54(52(48)36-44,37-39(5)11-3)38-40(6)12-4/h23-30,33-36,39-40H,9-22,31-32,37-38H2,1-8H3. The van der Waals surface area contributed by atoms with Crippen molar-refractivity contribution in [3.05, 3.63) is 106 Å². The van der Waals surface area contributed by atoms with Crippen molar-refractivity contribution in [3.8, 4) is 33.4 Å². The van der Waals surface area contributed by atoms with Crippen molar-refractivity contribution in [1.29, 1.82) is 0 Å². The highest BCUT2D eigenvalue weighted by Gasteiger charge is 2.45. The highest BCUT2D eigenvalue weighted by Crippen LogP contribution is 2.58.